The molecule has 0 spiro atoms. The van der Waals surface area contributed by atoms with E-state index in [1.165, 1.54) is 22.6 Å². The summed E-state index contributed by atoms with van der Waals surface area (Å²) in [6, 6.07) is 31.0. The van der Waals surface area contributed by atoms with Crippen LogP contribution in [-0.4, -0.2) is 67.3 Å². The predicted octanol–water partition coefficient (Wildman–Crippen LogP) is 5.84. The normalized spacial score (nSPS) is 21.2. The standard InChI is InChI=1S/C47H55B2NO8Si/c1-7-32(25-33-23-30(2)44(51)31(3)24-33)21-22-41-42-34(29-57-59(47(4,5)6,37-17-10-8-11-18-37)38-19-12-9-13-20-38)26-39-43(40(42)28-48(54)58-41)46(53)50(45(39)52)36-16-14-15-35(27-36)49(55)56/h8-20,23-25,27,39-41,43,51,54-56H,7,21-22,26,28-29H2,1-6H3/b32-25+/t39-,40+,41-,43-/m1/s1. The fourth-order valence-electron chi connectivity index (χ4n) is 9.91. The van der Waals surface area contributed by atoms with Gasteiger partial charge in [-0.25, -0.2) is 0 Å². The number of fused-ring (bicyclic) bond motifs is 3. The third-order valence-corrected chi connectivity index (χ3v) is 17.7. The average molecular weight is 812 g/mol. The van der Waals surface area contributed by atoms with Crippen LogP contribution in [0.1, 0.15) is 70.1 Å². The zero-order valence-corrected chi connectivity index (χ0v) is 35.9. The Morgan fingerprint density at radius 3 is 2.12 bits per heavy atom. The Morgan fingerprint density at radius 2 is 1.54 bits per heavy atom. The molecule has 2 fully saturated rings. The van der Waals surface area contributed by atoms with Crippen LogP contribution in [0.15, 0.2) is 114 Å². The first kappa shape index (κ1) is 42.6. The van der Waals surface area contributed by atoms with Crippen LogP contribution in [0.2, 0.25) is 11.4 Å². The molecule has 4 aromatic rings. The first-order valence-corrected chi connectivity index (χ1v) is 22.7. The fourth-order valence-corrected chi connectivity index (χ4v) is 14.5. The summed E-state index contributed by atoms with van der Waals surface area (Å²) in [6.45, 7) is 12.8. The van der Waals surface area contributed by atoms with Crippen molar-refractivity contribution in [3.63, 3.8) is 0 Å². The largest absolute Gasteiger partial charge is 0.507 e. The van der Waals surface area contributed by atoms with E-state index in [1.54, 1.807) is 12.1 Å². The van der Waals surface area contributed by atoms with Crippen molar-refractivity contribution in [2.45, 2.75) is 84.7 Å². The summed E-state index contributed by atoms with van der Waals surface area (Å²) in [5.74, 6) is -2.33. The van der Waals surface area contributed by atoms with Gasteiger partial charge in [-0.2, -0.15) is 0 Å². The Morgan fingerprint density at radius 1 is 0.915 bits per heavy atom. The number of carbonyl (C=O) groups excluding carboxylic acids is 2. The second kappa shape index (κ2) is 17.2. The van der Waals surface area contributed by atoms with Gasteiger partial charge in [0.05, 0.1) is 30.2 Å². The van der Waals surface area contributed by atoms with Gasteiger partial charge in [-0.1, -0.05) is 112 Å². The van der Waals surface area contributed by atoms with Crippen LogP contribution in [-0.2, 0) is 18.7 Å². The molecule has 0 saturated carbocycles. The summed E-state index contributed by atoms with van der Waals surface area (Å²) in [4.78, 5) is 30.3. The minimum Gasteiger partial charge on any atom is -0.507 e. The zero-order valence-electron chi connectivity index (χ0n) is 34.9. The molecule has 4 N–H and O–H groups in total. The third kappa shape index (κ3) is 8.19. The van der Waals surface area contributed by atoms with Crippen molar-refractivity contribution in [1.29, 1.82) is 0 Å². The Bertz CT molecular complexity index is 2190. The number of amides is 2. The Labute approximate surface area is 349 Å². The van der Waals surface area contributed by atoms with E-state index in [2.05, 4.69) is 58.0 Å². The van der Waals surface area contributed by atoms with E-state index in [4.69, 9.17) is 9.08 Å². The van der Waals surface area contributed by atoms with Crippen molar-refractivity contribution >= 4 is 62.0 Å². The van der Waals surface area contributed by atoms with Crippen LogP contribution in [0.3, 0.4) is 0 Å². The lowest BCUT2D eigenvalue weighted by atomic mass is 9.58. The molecule has 2 heterocycles. The van der Waals surface area contributed by atoms with E-state index in [1.807, 2.05) is 62.4 Å². The Kier molecular flexibility index (Phi) is 12.4. The van der Waals surface area contributed by atoms with Crippen molar-refractivity contribution < 1.29 is 38.8 Å². The average Bonchev–Trinajstić information content (AvgIpc) is 3.47. The number of phenolic OH excluding ortho intramolecular Hbond substituents is 1. The van der Waals surface area contributed by atoms with Crippen molar-refractivity contribution in [1.82, 2.24) is 0 Å². The van der Waals surface area contributed by atoms with Gasteiger partial charge >= 0.3 is 14.2 Å². The molecule has 1 aliphatic carbocycles. The number of carbonyl (C=O) groups is 2. The number of phenols is 1. The van der Waals surface area contributed by atoms with Gasteiger partial charge in [0.25, 0.3) is 8.32 Å². The molecule has 12 heteroatoms. The fraction of sp³-hybridized carbons (Fsp3) is 0.362. The van der Waals surface area contributed by atoms with E-state index >= 15 is 0 Å². The first-order chi connectivity index (χ1) is 28.1. The van der Waals surface area contributed by atoms with Gasteiger partial charge in [0.1, 0.15) is 5.75 Å². The molecule has 0 radical (unpaired) electrons. The van der Waals surface area contributed by atoms with E-state index in [0.717, 1.165) is 44.6 Å². The number of imide groups is 1. The van der Waals surface area contributed by atoms with Gasteiger partial charge in [-0.3, -0.25) is 14.5 Å². The van der Waals surface area contributed by atoms with Crippen molar-refractivity contribution in [2.75, 3.05) is 11.5 Å². The van der Waals surface area contributed by atoms with Gasteiger partial charge < -0.3 is 29.3 Å². The number of rotatable bonds is 12. The minimum atomic E-state index is -3.03. The summed E-state index contributed by atoms with van der Waals surface area (Å²) in [7, 11) is -5.94. The first-order valence-electron chi connectivity index (χ1n) is 20.8. The molecule has 9 nitrogen and oxygen atoms in total. The Hall–Kier alpha value is -4.55. The maximum atomic E-state index is 14.6. The van der Waals surface area contributed by atoms with Gasteiger partial charge in [0, 0.05) is 0 Å². The van der Waals surface area contributed by atoms with Crippen LogP contribution in [0.5, 0.6) is 5.75 Å². The summed E-state index contributed by atoms with van der Waals surface area (Å²) < 4.78 is 14.0. The summed E-state index contributed by atoms with van der Waals surface area (Å²) >= 11 is 0. The lowest BCUT2D eigenvalue weighted by molar-refractivity contribution is -0.122. The van der Waals surface area contributed by atoms with Gasteiger partial charge in [-0.15, -0.1) is 0 Å². The van der Waals surface area contributed by atoms with E-state index in [9.17, 15) is 29.8 Å². The monoisotopic (exact) mass is 811 g/mol. The van der Waals surface area contributed by atoms with Crippen LogP contribution in [0, 0.1) is 31.6 Å². The molecule has 4 aromatic carbocycles. The molecular formula is C47H55B2NO8Si. The number of anilines is 1. The third-order valence-electron chi connectivity index (χ3n) is 12.7. The Balaban J connectivity index is 1.31. The van der Waals surface area contributed by atoms with Crippen LogP contribution in [0.4, 0.5) is 5.69 Å². The summed E-state index contributed by atoms with van der Waals surface area (Å²) in [6.07, 6.45) is 4.05. The zero-order chi connectivity index (χ0) is 42.2. The molecule has 3 aliphatic rings. The minimum absolute atomic E-state index is 0.153. The molecule has 7 rings (SSSR count). The smallest absolute Gasteiger partial charge is 0.488 e. The maximum Gasteiger partial charge on any atom is 0.488 e. The number of hydrogen-bond acceptors (Lipinski definition) is 8. The van der Waals surface area contributed by atoms with Gasteiger partial charge in [0.2, 0.25) is 11.8 Å². The molecule has 0 bridgehead atoms. The maximum absolute atomic E-state index is 14.6. The van der Waals surface area contributed by atoms with Crippen molar-refractivity contribution in [2.24, 2.45) is 17.8 Å². The van der Waals surface area contributed by atoms with Crippen molar-refractivity contribution in [3.05, 3.63) is 130 Å². The van der Waals surface area contributed by atoms with E-state index in [-0.39, 0.29) is 47.4 Å². The van der Waals surface area contributed by atoms with Crippen LogP contribution in [0.25, 0.3) is 6.08 Å². The predicted molar refractivity (Wildman–Crippen MR) is 237 cm³/mol. The number of benzene rings is 4. The summed E-state index contributed by atoms with van der Waals surface area (Å²) in [5, 5.41) is 43.6. The molecule has 0 unspecified atom stereocenters. The molecule has 2 aliphatic heterocycles. The number of hydrogen-bond donors (Lipinski definition) is 4. The number of aryl methyl sites for hydroxylation is 2. The topological polar surface area (TPSA) is 137 Å². The highest BCUT2D eigenvalue weighted by Gasteiger charge is 2.58. The molecular weight excluding hydrogens is 756 g/mol. The number of nitrogens with zero attached hydrogens (tertiary/aromatic N) is 1. The molecule has 2 saturated heterocycles. The molecule has 2 amide bonds. The highest BCUT2D eigenvalue weighted by molar-refractivity contribution is 6.99. The molecule has 306 valence electrons. The highest BCUT2D eigenvalue weighted by atomic mass is 28.4. The second-order valence-corrected chi connectivity index (χ2v) is 21.8. The van der Waals surface area contributed by atoms with E-state index in [0.29, 0.717) is 18.6 Å². The van der Waals surface area contributed by atoms with E-state index < -0.39 is 46.4 Å². The van der Waals surface area contributed by atoms with Gasteiger partial charge in [-0.05, 0) is 125 Å². The number of aromatic hydroxyl groups is 1. The lowest BCUT2D eigenvalue weighted by Gasteiger charge is -2.46. The summed E-state index contributed by atoms with van der Waals surface area (Å²) in [5.41, 5.74) is 6.12. The quantitative estimate of drug-likeness (QED) is 0.0797. The lowest BCUT2D eigenvalue weighted by Crippen LogP contribution is -2.66. The van der Waals surface area contributed by atoms with Crippen molar-refractivity contribution in [3.8, 4) is 5.75 Å². The van der Waals surface area contributed by atoms with Crippen LogP contribution < -0.4 is 20.7 Å². The molecule has 4 atom stereocenters. The molecule has 0 aromatic heterocycles. The van der Waals surface area contributed by atoms with Gasteiger partial charge in [0.15, 0.2) is 0 Å². The second-order valence-electron chi connectivity index (χ2n) is 17.4. The highest BCUT2D eigenvalue weighted by Crippen LogP contribution is 2.52. The van der Waals surface area contributed by atoms with Crippen LogP contribution >= 0.6 is 0 Å². The number of allylic oxidation sites excluding steroid dienone is 1. The SMILES string of the molecule is CC/C(=C\c1cc(C)c(O)c(C)c1)CC[C@H]1OB(O)C[C@H]2C1=C(CO[Si](c1ccccc1)(c1ccccc1)C(C)(C)C)C[C@H]1C(=O)N(c3cccc(B(O)O)c3)C(=O)[C@H]12. The molecule has 59 heavy (non-hydrogen) atoms.